The molecule has 4 heteroatoms. The molecule has 0 amide bonds. The number of nitrogens with zero attached hydrogens (tertiary/aromatic N) is 1. The van der Waals surface area contributed by atoms with Gasteiger partial charge in [0.15, 0.2) is 11.5 Å². The molecule has 118 valence electrons. The quantitative estimate of drug-likeness (QED) is 0.401. The number of aryl methyl sites for hydroxylation is 2. The molecule has 2 rings (SSSR count). The fourth-order valence-electron chi connectivity index (χ4n) is 2.02. The molecule has 0 heterocycles. The third-order valence-electron chi connectivity index (χ3n) is 3.40. The van der Waals surface area contributed by atoms with Crippen LogP contribution in [0.25, 0.3) is 0 Å². The first kappa shape index (κ1) is 17.4. The average Bonchev–Trinajstić information content (AvgIpc) is 2.54. The molecule has 0 aliphatic heterocycles. The molecule has 3 nitrogen and oxygen atoms in total. The van der Waals surface area contributed by atoms with E-state index in [1.807, 2.05) is 24.4 Å². The highest BCUT2D eigenvalue weighted by Gasteiger charge is 2.10. The van der Waals surface area contributed by atoms with Gasteiger partial charge in [-0.2, -0.15) is 0 Å². The molecule has 0 aromatic heterocycles. The lowest BCUT2D eigenvalue weighted by Crippen LogP contribution is -2.00. The number of hydrogen-bond donors (Lipinski definition) is 0. The zero-order chi connectivity index (χ0) is 16.8. The van der Waals surface area contributed by atoms with Gasteiger partial charge in [-0.15, -0.1) is 6.42 Å². The van der Waals surface area contributed by atoms with Gasteiger partial charge in [0.25, 0.3) is 0 Å². The fourth-order valence-corrected chi connectivity index (χ4v) is 2.80. The molecule has 2 aromatic rings. The van der Waals surface area contributed by atoms with E-state index in [1.165, 1.54) is 11.1 Å². The van der Waals surface area contributed by atoms with Crippen molar-refractivity contribution in [2.75, 3.05) is 13.7 Å². The van der Waals surface area contributed by atoms with Crippen LogP contribution in [0.4, 0.5) is 5.69 Å². The first-order valence-corrected chi connectivity index (χ1v) is 8.18. The minimum atomic E-state index is 0.211. The Morgan fingerprint density at radius 2 is 2.00 bits per heavy atom. The third kappa shape index (κ3) is 4.49. The number of terminal acetylenes is 1. The maximum atomic E-state index is 5.54. The Morgan fingerprint density at radius 1 is 1.22 bits per heavy atom. The second kappa shape index (κ2) is 8.02. The smallest absolute Gasteiger partial charge is 0.175 e. The number of ether oxygens (including phenoxy) is 2. The van der Waals surface area contributed by atoms with Gasteiger partial charge in [-0.05, 0) is 77.4 Å². The van der Waals surface area contributed by atoms with Crippen molar-refractivity contribution in [2.45, 2.75) is 13.8 Å². The van der Waals surface area contributed by atoms with Gasteiger partial charge in [0.05, 0.1) is 16.4 Å². The summed E-state index contributed by atoms with van der Waals surface area (Å²) in [4.78, 5) is 4.53. The lowest BCUT2D eigenvalue weighted by molar-refractivity contribution is 0.328. The molecule has 0 N–H and O–H groups in total. The minimum absolute atomic E-state index is 0.211. The Bertz CT molecular complexity index is 776. The largest absolute Gasteiger partial charge is 0.493 e. The van der Waals surface area contributed by atoms with E-state index >= 15 is 0 Å². The second-order valence-electron chi connectivity index (χ2n) is 5.05. The van der Waals surface area contributed by atoms with Crippen LogP contribution >= 0.6 is 22.6 Å². The van der Waals surface area contributed by atoms with Crippen LogP contribution < -0.4 is 9.47 Å². The van der Waals surface area contributed by atoms with Gasteiger partial charge in [0.2, 0.25) is 0 Å². The standard InChI is InChI=1S/C19H18INO2/c1-5-8-23-19-17(20)10-15(11-18(19)22-4)12-21-16-7-6-13(2)14(3)9-16/h1,6-7,9-12H,8H2,2-4H3. The third-order valence-corrected chi connectivity index (χ3v) is 4.21. The van der Waals surface area contributed by atoms with Crippen LogP contribution in [0.5, 0.6) is 11.5 Å². The second-order valence-corrected chi connectivity index (χ2v) is 6.22. The number of aliphatic imine (C=N–C) groups is 1. The van der Waals surface area contributed by atoms with Gasteiger partial charge in [0, 0.05) is 6.21 Å². The van der Waals surface area contributed by atoms with Crippen LogP contribution in [0.15, 0.2) is 35.3 Å². The van der Waals surface area contributed by atoms with E-state index in [0.29, 0.717) is 11.5 Å². The summed E-state index contributed by atoms with van der Waals surface area (Å²) in [6.45, 7) is 4.38. The van der Waals surface area contributed by atoms with Crippen molar-refractivity contribution in [2.24, 2.45) is 4.99 Å². The van der Waals surface area contributed by atoms with Crippen LogP contribution in [0.3, 0.4) is 0 Å². The SMILES string of the molecule is C#CCOc1c(I)cc(C=Nc2ccc(C)c(C)c2)cc1OC. The zero-order valence-corrected chi connectivity index (χ0v) is 15.5. The van der Waals surface area contributed by atoms with E-state index < -0.39 is 0 Å². The Morgan fingerprint density at radius 3 is 2.65 bits per heavy atom. The van der Waals surface area contributed by atoms with Crippen molar-refractivity contribution in [3.8, 4) is 23.8 Å². The molecule has 0 atom stereocenters. The summed E-state index contributed by atoms with van der Waals surface area (Å²) < 4.78 is 11.9. The highest BCUT2D eigenvalue weighted by atomic mass is 127. The van der Waals surface area contributed by atoms with Gasteiger partial charge >= 0.3 is 0 Å². The molecule has 0 radical (unpaired) electrons. The molecule has 0 unspecified atom stereocenters. The predicted molar refractivity (Wildman–Crippen MR) is 103 cm³/mol. The highest BCUT2D eigenvalue weighted by molar-refractivity contribution is 14.1. The summed E-state index contributed by atoms with van der Waals surface area (Å²) in [5.41, 5.74) is 4.35. The number of halogens is 1. The molecule has 2 aromatic carbocycles. The lowest BCUT2D eigenvalue weighted by atomic mass is 10.1. The zero-order valence-electron chi connectivity index (χ0n) is 13.4. The summed E-state index contributed by atoms with van der Waals surface area (Å²) in [6, 6.07) is 10.0. The van der Waals surface area contributed by atoms with Crippen LogP contribution in [0.2, 0.25) is 0 Å². The summed E-state index contributed by atoms with van der Waals surface area (Å²) in [5.74, 6) is 3.77. The van der Waals surface area contributed by atoms with Crippen LogP contribution in [0.1, 0.15) is 16.7 Å². The van der Waals surface area contributed by atoms with Crippen molar-refractivity contribution in [3.05, 3.63) is 50.6 Å². The number of benzene rings is 2. The van der Waals surface area contributed by atoms with Crippen LogP contribution in [-0.2, 0) is 0 Å². The molecule has 0 spiro atoms. The van der Waals surface area contributed by atoms with Crippen molar-refractivity contribution >= 4 is 34.5 Å². The minimum Gasteiger partial charge on any atom is -0.493 e. The molecule has 0 bridgehead atoms. The number of methoxy groups -OCH3 is 1. The molecular weight excluding hydrogens is 401 g/mol. The van der Waals surface area contributed by atoms with E-state index in [1.54, 1.807) is 7.11 Å². The van der Waals surface area contributed by atoms with Gasteiger partial charge in [0.1, 0.15) is 6.61 Å². The van der Waals surface area contributed by atoms with E-state index in [2.05, 4.69) is 59.5 Å². The topological polar surface area (TPSA) is 30.8 Å². The summed E-state index contributed by atoms with van der Waals surface area (Å²) in [5, 5.41) is 0. The molecule has 0 fully saturated rings. The van der Waals surface area contributed by atoms with Gasteiger partial charge in [-0.3, -0.25) is 4.99 Å². The Kier molecular flexibility index (Phi) is 6.05. The fraction of sp³-hybridized carbons (Fsp3) is 0.211. The number of hydrogen-bond acceptors (Lipinski definition) is 3. The molecule has 0 aliphatic carbocycles. The molecule has 0 saturated heterocycles. The maximum Gasteiger partial charge on any atom is 0.175 e. The van der Waals surface area contributed by atoms with Gasteiger partial charge < -0.3 is 9.47 Å². The summed E-state index contributed by atoms with van der Waals surface area (Å²) >= 11 is 2.20. The first-order valence-electron chi connectivity index (χ1n) is 7.10. The lowest BCUT2D eigenvalue weighted by Gasteiger charge is -2.11. The van der Waals surface area contributed by atoms with Gasteiger partial charge in [-0.25, -0.2) is 0 Å². The van der Waals surface area contributed by atoms with E-state index in [9.17, 15) is 0 Å². The normalized spacial score (nSPS) is 10.6. The highest BCUT2D eigenvalue weighted by Crippen LogP contribution is 2.33. The molecular formula is C19H18INO2. The Hall–Kier alpha value is -2.00. The molecule has 23 heavy (non-hydrogen) atoms. The maximum absolute atomic E-state index is 5.54. The molecule has 0 aliphatic rings. The Balaban J connectivity index is 2.29. The van der Waals surface area contributed by atoms with E-state index in [4.69, 9.17) is 15.9 Å². The van der Waals surface area contributed by atoms with Crippen molar-refractivity contribution in [1.82, 2.24) is 0 Å². The summed E-state index contributed by atoms with van der Waals surface area (Å²) in [7, 11) is 1.61. The monoisotopic (exact) mass is 419 g/mol. The van der Waals surface area contributed by atoms with E-state index in [0.717, 1.165) is 14.8 Å². The van der Waals surface area contributed by atoms with E-state index in [-0.39, 0.29) is 6.61 Å². The molecule has 0 saturated carbocycles. The average molecular weight is 419 g/mol. The van der Waals surface area contributed by atoms with Crippen LogP contribution in [0, 0.1) is 29.8 Å². The summed E-state index contributed by atoms with van der Waals surface area (Å²) in [6.07, 6.45) is 7.06. The Labute approximate surface area is 150 Å². The predicted octanol–water partition coefficient (Wildman–Crippen LogP) is 4.68. The van der Waals surface area contributed by atoms with Crippen molar-refractivity contribution < 1.29 is 9.47 Å². The van der Waals surface area contributed by atoms with Crippen molar-refractivity contribution in [3.63, 3.8) is 0 Å². The van der Waals surface area contributed by atoms with Crippen LogP contribution in [-0.4, -0.2) is 19.9 Å². The number of rotatable bonds is 5. The van der Waals surface area contributed by atoms with Crippen molar-refractivity contribution in [1.29, 1.82) is 0 Å². The first-order chi connectivity index (χ1) is 11.0. The van der Waals surface area contributed by atoms with Gasteiger partial charge in [-0.1, -0.05) is 12.0 Å².